The van der Waals surface area contributed by atoms with E-state index in [9.17, 15) is 19.2 Å². The third kappa shape index (κ3) is 9.02. The molecule has 0 saturated carbocycles. The van der Waals surface area contributed by atoms with Crippen molar-refractivity contribution in [2.45, 2.75) is 59.0 Å². The number of hydrogen-bond acceptors (Lipinski definition) is 6. The molecule has 0 aliphatic carbocycles. The average Bonchev–Trinajstić information content (AvgIpc) is 3.47. The predicted molar refractivity (Wildman–Crippen MR) is 155 cm³/mol. The van der Waals surface area contributed by atoms with Crippen molar-refractivity contribution < 1.29 is 23.9 Å². The molecule has 3 rings (SSSR count). The second-order valence-electron chi connectivity index (χ2n) is 11.1. The van der Waals surface area contributed by atoms with Crippen LogP contribution in [0.15, 0.2) is 67.3 Å². The topological polar surface area (TPSA) is 125 Å². The van der Waals surface area contributed by atoms with Crippen LogP contribution >= 0.6 is 0 Å². The Kier molecular flexibility index (Phi) is 11.2. The Bertz CT molecular complexity index is 1190. The van der Waals surface area contributed by atoms with Crippen molar-refractivity contribution in [3.05, 3.63) is 72.8 Å². The molecule has 0 radical (unpaired) electrons. The van der Waals surface area contributed by atoms with Gasteiger partial charge in [0.15, 0.2) is 0 Å². The summed E-state index contributed by atoms with van der Waals surface area (Å²) in [7, 11) is 1.66. The van der Waals surface area contributed by atoms with Crippen LogP contribution in [0.25, 0.3) is 0 Å². The molecular formula is C30H42N6O5. The Morgan fingerprint density at radius 1 is 0.976 bits per heavy atom. The van der Waals surface area contributed by atoms with Crippen LogP contribution in [0.3, 0.4) is 0 Å². The highest BCUT2D eigenvalue weighted by Crippen LogP contribution is 2.20. The SMILES string of the molecule is CN[C@@H](C)C(=O)N[C@H](C(=O)NCC(=O)N1C=CN(CCn2cccc2)C(=O)[C@@H]1COCc1ccccc1)C(C)(C)C. The lowest BCUT2D eigenvalue weighted by Crippen LogP contribution is -2.58. The van der Waals surface area contributed by atoms with Crippen molar-refractivity contribution in [2.75, 3.05) is 26.7 Å². The lowest BCUT2D eigenvalue weighted by Gasteiger charge is -2.36. The van der Waals surface area contributed by atoms with Crippen molar-refractivity contribution in [1.82, 2.24) is 30.3 Å². The number of carbonyl (C=O) groups is 4. The van der Waals surface area contributed by atoms with Crippen molar-refractivity contribution in [2.24, 2.45) is 5.41 Å². The number of hydrogen-bond donors (Lipinski definition) is 3. The summed E-state index contributed by atoms with van der Waals surface area (Å²) < 4.78 is 7.84. The maximum absolute atomic E-state index is 13.5. The van der Waals surface area contributed by atoms with Crippen molar-refractivity contribution >= 4 is 23.6 Å². The summed E-state index contributed by atoms with van der Waals surface area (Å²) in [6.07, 6.45) is 6.98. The molecule has 2 heterocycles. The predicted octanol–water partition coefficient (Wildman–Crippen LogP) is 1.47. The van der Waals surface area contributed by atoms with E-state index < -0.39 is 35.4 Å². The molecule has 0 bridgehead atoms. The number of nitrogens with one attached hydrogen (secondary N) is 3. The van der Waals surface area contributed by atoms with Crippen LogP contribution in [0.4, 0.5) is 0 Å². The molecule has 3 N–H and O–H groups in total. The van der Waals surface area contributed by atoms with Crippen molar-refractivity contribution in [3.63, 3.8) is 0 Å². The number of ether oxygens (including phenoxy) is 1. The summed E-state index contributed by atoms with van der Waals surface area (Å²) in [5, 5.41) is 8.27. The van der Waals surface area contributed by atoms with Gasteiger partial charge in [0.2, 0.25) is 17.7 Å². The molecular weight excluding hydrogens is 524 g/mol. The third-order valence-electron chi connectivity index (χ3n) is 6.91. The summed E-state index contributed by atoms with van der Waals surface area (Å²) in [5.41, 5.74) is 0.342. The van der Waals surface area contributed by atoms with Crippen molar-refractivity contribution in [1.29, 1.82) is 0 Å². The van der Waals surface area contributed by atoms with Gasteiger partial charge in [0, 0.05) is 37.9 Å². The molecule has 2 aromatic rings. The lowest BCUT2D eigenvalue weighted by atomic mass is 9.86. The molecule has 222 valence electrons. The molecule has 11 nitrogen and oxygen atoms in total. The van der Waals surface area contributed by atoms with E-state index in [1.807, 2.05) is 80.2 Å². The molecule has 4 amide bonds. The highest BCUT2D eigenvalue weighted by Gasteiger charge is 2.37. The van der Waals surface area contributed by atoms with Gasteiger partial charge in [-0.05, 0) is 37.1 Å². The zero-order valence-corrected chi connectivity index (χ0v) is 24.5. The average molecular weight is 567 g/mol. The van der Waals surface area contributed by atoms with E-state index in [0.717, 1.165) is 5.56 Å². The second-order valence-corrected chi connectivity index (χ2v) is 11.1. The van der Waals surface area contributed by atoms with E-state index >= 15 is 0 Å². The summed E-state index contributed by atoms with van der Waals surface area (Å²) in [5.74, 6) is -1.55. The Morgan fingerprint density at radius 3 is 2.29 bits per heavy atom. The molecule has 11 heteroatoms. The van der Waals surface area contributed by atoms with Gasteiger partial charge in [-0.1, -0.05) is 51.1 Å². The van der Waals surface area contributed by atoms with Crippen LogP contribution in [0.2, 0.25) is 0 Å². The van der Waals surface area contributed by atoms with Gasteiger partial charge in [-0.15, -0.1) is 0 Å². The Morgan fingerprint density at radius 2 is 1.66 bits per heavy atom. The minimum absolute atomic E-state index is 0.0135. The highest BCUT2D eigenvalue weighted by molar-refractivity contribution is 5.94. The number of nitrogens with zero attached hydrogens (tertiary/aromatic N) is 3. The van der Waals surface area contributed by atoms with Gasteiger partial charge in [0.1, 0.15) is 12.1 Å². The van der Waals surface area contributed by atoms with E-state index in [4.69, 9.17) is 4.74 Å². The fourth-order valence-corrected chi connectivity index (χ4v) is 4.27. The molecule has 0 saturated heterocycles. The fourth-order valence-electron chi connectivity index (χ4n) is 4.27. The Hall–Kier alpha value is -3.96. The number of carbonyl (C=O) groups excluding carboxylic acids is 4. The molecule has 1 aliphatic heterocycles. The standard InChI is InChI=1S/C30H42N6O5/c1-22(31-5)27(38)33-26(30(2,3)4)28(39)32-19-25(37)36-18-17-35(16-15-34-13-9-10-14-34)29(40)24(36)21-41-20-23-11-7-6-8-12-23/h6-14,17-18,22,24,26,31H,15-16,19-21H2,1-5H3,(H,32,39)(H,33,38)/t22-,24-,26+/m0/s1. The number of aromatic nitrogens is 1. The van der Waals surface area contributed by atoms with E-state index in [1.54, 1.807) is 31.3 Å². The van der Waals surface area contributed by atoms with E-state index in [0.29, 0.717) is 13.1 Å². The Labute approximate surface area is 241 Å². The van der Waals surface area contributed by atoms with Gasteiger partial charge in [-0.25, -0.2) is 0 Å². The van der Waals surface area contributed by atoms with Crippen LogP contribution in [-0.4, -0.2) is 82.9 Å². The second kappa shape index (κ2) is 14.6. The van der Waals surface area contributed by atoms with Crippen LogP contribution in [0.1, 0.15) is 33.3 Å². The van der Waals surface area contributed by atoms with Crippen LogP contribution < -0.4 is 16.0 Å². The Balaban J connectivity index is 1.69. The molecule has 3 atom stereocenters. The third-order valence-corrected chi connectivity index (χ3v) is 6.91. The first kappa shape index (κ1) is 31.6. The smallest absolute Gasteiger partial charge is 0.252 e. The maximum atomic E-state index is 13.5. The van der Waals surface area contributed by atoms with Crippen molar-refractivity contribution in [3.8, 4) is 0 Å². The monoisotopic (exact) mass is 566 g/mol. The summed E-state index contributed by atoms with van der Waals surface area (Å²) in [4.78, 5) is 55.3. The molecule has 1 aliphatic rings. The van der Waals surface area contributed by atoms with Crippen LogP contribution in [0, 0.1) is 5.41 Å². The quantitative estimate of drug-likeness (QED) is 0.337. The molecule has 0 spiro atoms. The number of rotatable bonds is 13. The van der Waals surface area contributed by atoms with E-state index in [2.05, 4.69) is 16.0 Å². The molecule has 1 aromatic carbocycles. The summed E-state index contributed by atoms with van der Waals surface area (Å²) in [6, 6.07) is 11.1. The number of likely N-dealkylation sites (N-methyl/N-ethyl adjacent to an activating group) is 1. The largest absolute Gasteiger partial charge is 0.374 e. The van der Waals surface area contributed by atoms with Gasteiger partial charge < -0.3 is 35.1 Å². The van der Waals surface area contributed by atoms with Gasteiger partial charge in [-0.2, -0.15) is 0 Å². The first-order valence-corrected chi connectivity index (χ1v) is 13.8. The highest BCUT2D eigenvalue weighted by atomic mass is 16.5. The first-order chi connectivity index (χ1) is 19.5. The molecule has 41 heavy (non-hydrogen) atoms. The maximum Gasteiger partial charge on any atom is 0.252 e. The number of benzene rings is 1. The minimum Gasteiger partial charge on any atom is -0.374 e. The van der Waals surface area contributed by atoms with Gasteiger partial charge >= 0.3 is 0 Å². The molecule has 0 fully saturated rings. The molecule has 0 unspecified atom stereocenters. The van der Waals surface area contributed by atoms with Crippen LogP contribution in [0.5, 0.6) is 0 Å². The summed E-state index contributed by atoms with van der Waals surface area (Å²) in [6.45, 7) is 8.13. The van der Waals surface area contributed by atoms with Gasteiger partial charge in [0.05, 0.1) is 25.8 Å². The zero-order valence-electron chi connectivity index (χ0n) is 24.5. The van der Waals surface area contributed by atoms with Gasteiger partial charge in [0.25, 0.3) is 5.91 Å². The number of amides is 4. The normalized spacial score (nSPS) is 16.8. The lowest BCUT2D eigenvalue weighted by molar-refractivity contribution is -0.146. The zero-order chi connectivity index (χ0) is 30.0. The van der Waals surface area contributed by atoms with Crippen LogP contribution in [-0.2, 0) is 37.1 Å². The van der Waals surface area contributed by atoms with Gasteiger partial charge in [-0.3, -0.25) is 19.2 Å². The summed E-state index contributed by atoms with van der Waals surface area (Å²) >= 11 is 0. The van der Waals surface area contributed by atoms with E-state index in [-0.39, 0.29) is 31.6 Å². The minimum atomic E-state index is -0.896. The first-order valence-electron chi connectivity index (χ1n) is 13.8. The van der Waals surface area contributed by atoms with E-state index in [1.165, 1.54) is 4.90 Å². The fraction of sp³-hybridized carbons (Fsp3) is 0.467. The molecule has 1 aromatic heterocycles.